The molecule has 158 valence electrons. The Morgan fingerprint density at radius 2 is 1.38 bits per heavy atom. The molecule has 5 rings (SSSR count). The average Bonchev–Trinajstić information content (AvgIpc) is 3.13. The number of hydrogen-bond donors (Lipinski definition) is 1. The summed E-state index contributed by atoms with van der Waals surface area (Å²) < 4.78 is 8.42. The van der Waals surface area contributed by atoms with Gasteiger partial charge in [-0.25, -0.2) is 4.79 Å². The summed E-state index contributed by atoms with van der Waals surface area (Å²) in [6, 6.07) is 31.6. The van der Waals surface area contributed by atoms with Crippen molar-refractivity contribution in [2.75, 3.05) is 0 Å². The summed E-state index contributed by atoms with van der Waals surface area (Å²) in [5.74, 6) is -0.241. The largest absolute Gasteiger partial charge is 0.508 e. The van der Waals surface area contributed by atoms with Crippen molar-refractivity contribution in [1.82, 2.24) is 0 Å². The molecule has 0 unspecified atom stereocenters. The second kappa shape index (κ2) is 7.81. The highest BCUT2D eigenvalue weighted by molar-refractivity contribution is 7.50. The van der Waals surface area contributed by atoms with Gasteiger partial charge >= 0.3 is 5.97 Å². The van der Waals surface area contributed by atoms with E-state index in [0.717, 1.165) is 5.56 Å². The van der Waals surface area contributed by atoms with Crippen molar-refractivity contribution in [3.05, 3.63) is 108 Å². The molecule has 1 heterocycles. The SMILES string of the molecule is CC(C)(OC(=O)c1ccc(-[s+]2c3ccccc3c3ccccc32)cc1)c1cccc(O)c1. The van der Waals surface area contributed by atoms with Gasteiger partial charge in [0.15, 0.2) is 14.3 Å². The molecule has 0 aliphatic heterocycles. The third-order valence-corrected chi connectivity index (χ3v) is 8.05. The van der Waals surface area contributed by atoms with Crippen LogP contribution in [0.1, 0.15) is 29.8 Å². The van der Waals surface area contributed by atoms with E-state index in [2.05, 4.69) is 48.5 Å². The molecule has 3 nitrogen and oxygen atoms in total. The second-order valence-electron chi connectivity index (χ2n) is 8.27. The minimum absolute atomic E-state index is 0.147. The van der Waals surface area contributed by atoms with Crippen molar-refractivity contribution in [3.8, 4) is 10.6 Å². The van der Waals surface area contributed by atoms with Crippen LogP contribution in [0.4, 0.5) is 0 Å². The molecule has 0 aliphatic carbocycles. The molecule has 0 aliphatic rings. The first-order valence-corrected chi connectivity index (χ1v) is 11.7. The van der Waals surface area contributed by atoms with Crippen LogP contribution in [0, 0.1) is 0 Å². The number of rotatable bonds is 4. The molecule has 4 aromatic carbocycles. The van der Waals surface area contributed by atoms with Gasteiger partial charge < -0.3 is 9.84 Å². The Hall–Kier alpha value is -3.63. The number of aromatic hydroxyl groups is 1. The van der Waals surface area contributed by atoms with E-state index in [0.29, 0.717) is 5.56 Å². The third kappa shape index (κ3) is 3.53. The zero-order chi connectivity index (χ0) is 22.3. The van der Waals surface area contributed by atoms with E-state index in [1.54, 1.807) is 18.2 Å². The van der Waals surface area contributed by atoms with Crippen LogP contribution in [-0.4, -0.2) is 11.1 Å². The van der Waals surface area contributed by atoms with Gasteiger partial charge in [-0.15, -0.1) is 0 Å². The van der Waals surface area contributed by atoms with Gasteiger partial charge in [-0.1, -0.05) is 36.4 Å². The summed E-state index contributed by atoms with van der Waals surface area (Å²) >= 11 is 0. The van der Waals surface area contributed by atoms with E-state index in [9.17, 15) is 9.90 Å². The zero-order valence-corrected chi connectivity index (χ0v) is 18.7. The minimum Gasteiger partial charge on any atom is -0.508 e. The first-order chi connectivity index (χ1) is 15.4. The van der Waals surface area contributed by atoms with E-state index in [4.69, 9.17) is 4.74 Å². The lowest BCUT2D eigenvalue weighted by atomic mass is 9.97. The third-order valence-electron chi connectivity index (χ3n) is 5.72. The predicted molar refractivity (Wildman–Crippen MR) is 132 cm³/mol. The average molecular weight is 440 g/mol. The molecule has 0 saturated carbocycles. The molecule has 1 aromatic heterocycles. The molecule has 0 radical (unpaired) electrons. The van der Waals surface area contributed by atoms with Crippen LogP contribution in [-0.2, 0) is 10.3 Å². The van der Waals surface area contributed by atoms with Gasteiger partial charge in [0.25, 0.3) is 0 Å². The molecular weight excluding hydrogens is 416 g/mol. The first-order valence-electron chi connectivity index (χ1n) is 10.5. The summed E-state index contributed by atoms with van der Waals surface area (Å²) in [7, 11) is -0.193. The lowest BCUT2D eigenvalue weighted by molar-refractivity contribution is -0.00321. The molecule has 0 spiro atoms. The molecule has 0 saturated heterocycles. The normalized spacial score (nSPS) is 11.7. The van der Waals surface area contributed by atoms with E-state index >= 15 is 0 Å². The topological polar surface area (TPSA) is 46.5 Å². The first kappa shape index (κ1) is 20.3. The Bertz CT molecular complexity index is 1390. The van der Waals surface area contributed by atoms with Gasteiger partial charge in [0.1, 0.15) is 11.4 Å². The molecule has 5 aromatic rings. The highest BCUT2D eigenvalue weighted by Crippen LogP contribution is 2.48. The quantitative estimate of drug-likeness (QED) is 0.232. The number of carbonyl (C=O) groups is 1. The van der Waals surface area contributed by atoms with Crippen LogP contribution in [0.5, 0.6) is 5.75 Å². The van der Waals surface area contributed by atoms with Crippen LogP contribution in [0.25, 0.3) is 25.1 Å². The second-order valence-corrected chi connectivity index (χ2v) is 10.2. The fraction of sp³-hybridized carbons (Fsp3) is 0.107. The van der Waals surface area contributed by atoms with Crippen LogP contribution < -0.4 is 0 Å². The Labute approximate surface area is 189 Å². The van der Waals surface area contributed by atoms with Crippen LogP contribution >= 0.6 is 10.5 Å². The van der Waals surface area contributed by atoms with Crippen molar-refractivity contribution >= 4 is 36.6 Å². The number of thiophene rings is 1. The summed E-state index contributed by atoms with van der Waals surface area (Å²) in [6.07, 6.45) is 0. The van der Waals surface area contributed by atoms with Crippen LogP contribution in [0.2, 0.25) is 0 Å². The van der Waals surface area contributed by atoms with Crippen LogP contribution in [0.15, 0.2) is 97.1 Å². The molecule has 0 amide bonds. The number of phenols is 1. The summed E-state index contributed by atoms with van der Waals surface area (Å²) in [6.45, 7) is 3.64. The molecule has 0 bridgehead atoms. The Kier molecular flexibility index (Phi) is 4.95. The maximum atomic E-state index is 12.9. The minimum atomic E-state index is -0.862. The number of benzene rings is 4. The zero-order valence-electron chi connectivity index (χ0n) is 17.9. The number of phenolic OH excluding ortho intramolecular Hbond substituents is 1. The Morgan fingerprint density at radius 1 is 0.781 bits per heavy atom. The van der Waals surface area contributed by atoms with Gasteiger partial charge in [0.2, 0.25) is 0 Å². The van der Waals surface area contributed by atoms with Crippen molar-refractivity contribution in [2.24, 2.45) is 0 Å². The van der Waals surface area contributed by atoms with Crippen molar-refractivity contribution in [2.45, 2.75) is 19.4 Å². The van der Waals surface area contributed by atoms with E-state index < -0.39 is 5.60 Å². The lowest BCUT2D eigenvalue weighted by Crippen LogP contribution is -2.25. The number of ether oxygens (including phenoxy) is 1. The molecule has 0 atom stereocenters. The van der Waals surface area contributed by atoms with Gasteiger partial charge in [-0.05, 0) is 80.1 Å². The standard InChI is InChI=1S/C28H22O3S/c1-28(2,20-8-7-9-21(29)18-20)31-27(30)19-14-16-22(17-15-19)32-25-12-5-3-10-23(25)24-11-4-6-13-26(24)32/h3-18H,1-2H3/p+1. The lowest BCUT2D eigenvalue weighted by Gasteiger charge is -2.25. The maximum absolute atomic E-state index is 12.9. The number of carbonyl (C=O) groups excluding carboxylic acids is 1. The van der Waals surface area contributed by atoms with Crippen molar-refractivity contribution in [3.63, 3.8) is 0 Å². The highest BCUT2D eigenvalue weighted by Gasteiger charge is 2.27. The summed E-state index contributed by atoms with van der Waals surface area (Å²) in [5.41, 5.74) is 0.383. The van der Waals surface area contributed by atoms with Crippen molar-refractivity contribution in [1.29, 1.82) is 0 Å². The Balaban J connectivity index is 1.48. The number of esters is 1. The molecular formula is C28H23O3S+. The van der Waals surface area contributed by atoms with Gasteiger partial charge in [0, 0.05) is 21.2 Å². The Morgan fingerprint density at radius 3 is 1.97 bits per heavy atom. The molecule has 32 heavy (non-hydrogen) atoms. The number of fused-ring (bicyclic) bond motifs is 3. The molecule has 1 N–H and O–H groups in total. The van der Waals surface area contributed by atoms with Gasteiger partial charge in [-0.3, -0.25) is 0 Å². The molecule has 0 fully saturated rings. The van der Waals surface area contributed by atoms with E-state index in [1.807, 2.05) is 44.2 Å². The van der Waals surface area contributed by atoms with Gasteiger partial charge in [0.05, 0.1) is 5.56 Å². The fourth-order valence-corrected chi connectivity index (χ4v) is 6.44. The monoisotopic (exact) mass is 439 g/mol. The maximum Gasteiger partial charge on any atom is 0.338 e. The van der Waals surface area contributed by atoms with E-state index in [1.165, 1.54) is 25.1 Å². The van der Waals surface area contributed by atoms with Crippen LogP contribution in [0.3, 0.4) is 0 Å². The van der Waals surface area contributed by atoms with E-state index in [-0.39, 0.29) is 22.2 Å². The number of hydrogen-bond acceptors (Lipinski definition) is 3. The smallest absolute Gasteiger partial charge is 0.338 e. The molecule has 4 heteroatoms. The fourth-order valence-electron chi connectivity index (χ4n) is 4.06. The summed E-state index contributed by atoms with van der Waals surface area (Å²) in [4.78, 5) is 14.0. The summed E-state index contributed by atoms with van der Waals surface area (Å²) in [5, 5.41) is 12.3. The van der Waals surface area contributed by atoms with Crippen molar-refractivity contribution < 1.29 is 14.6 Å². The predicted octanol–water partition coefficient (Wildman–Crippen LogP) is 7.53. The highest BCUT2D eigenvalue weighted by atomic mass is 32.2. The van der Waals surface area contributed by atoms with Gasteiger partial charge in [-0.2, -0.15) is 0 Å².